The van der Waals surface area contributed by atoms with E-state index >= 15 is 0 Å². The molecule has 0 saturated carbocycles. The molecule has 3 N–H and O–H groups in total. The van der Waals surface area contributed by atoms with Crippen LogP contribution in [0, 0.1) is 11.3 Å². The SMILES string of the molecule is CC(CNc1c(C(N)=S)cnc2ccccc12)C(C)(C)C. The summed E-state index contributed by atoms with van der Waals surface area (Å²) in [6, 6.07) is 8.04. The standard InChI is InChI=1S/C17H23N3S/c1-11(17(2,3)4)9-20-15-12-7-5-6-8-14(12)19-10-13(15)16(18)21/h5-8,10-11H,9H2,1-4H3,(H2,18,21)(H,19,20). The number of aromatic nitrogens is 1. The molecule has 0 spiro atoms. The largest absolute Gasteiger partial charge is 0.389 e. The second kappa shape index (κ2) is 5.98. The number of rotatable bonds is 4. The summed E-state index contributed by atoms with van der Waals surface area (Å²) in [5, 5.41) is 4.60. The summed E-state index contributed by atoms with van der Waals surface area (Å²) >= 11 is 5.16. The summed E-state index contributed by atoms with van der Waals surface area (Å²) < 4.78 is 0. The van der Waals surface area contributed by atoms with Crippen LogP contribution in [0.3, 0.4) is 0 Å². The Hall–Kier alpha value is -1.68. The van der Waals surface area contributed by atoms with Gasteiger partial charge in [0.2, 0.25) is 0 Å². The van der Waals surface area contributed by atoms with Gasteiger partial charge in [-0.1, -0.05) is 58.1 Å². The van der Waals surface area contributed by atoms with E-state index < -0.39 is 0 Å². The fourth-order valence-corrected chi connectivity index (χ4v) is 2.23. The van der Waals surface area contributed by atoms with Gasteiger partial charge in [-0.3, -0.25) is 4.98 Å². The minimum absolute atomic E-state index is 0.249. The molecule has 0 aliphatic heterocycles. The Morgan fingerprint density at radius 1 is 1.33 bits per heavy atom. The van der Waals surface area contributed by atoms with Crippen molar-refractivity contribution in [2.45, 2.75) is 27.7 Å². The molecule has 1 aromatic carbocycles. The van der Waals surface area contributed by atoms with Crippen LogP contribution in [0.4, 0.5) is 5.69 Å². The Bertz CT molecular complexity index is 659. The molecule has 1 atom stereocenters. The fourth-order valence-electron chi connectivity index (χ4n) is 2.08. The summed E-state index contributed by atoms with van der Waals surface area (Å²) in [5.41, 5.74) is 8.85. The second-order valence-corrected chi connectivity index (χ2v) is 7.02. The normalized spacial score (nSPS) is 13.1. The van der Waals surface area contributed by atoms with E-state index in [1.165, 1.54) is 0 Å². The van der Waals surface area contributed by atoms with Crippen LogP contribution in [0.15, 0.2) is 30.5 Å². The quantitative estimate of drug-likeness (QED) is 0.839. The first kappa shape index (κ1) is 15.7. The van der Waals surface area contributed by atoms with Crippen LogP contribution in [-0.4, -0.2) is 16.5 Å². The highest BCUT2D eigenvalue weighted by Crippen LogP contribution is 2.29. The summed E-state index contributed by atoms with van der Waals surface area (Å²) in [6.45, 7) is 9.86. The zero-order chi connectivity index (χ0) is 15.6. The van der Waals surface area contributed by atoms with Crippen molar-refractivity contribution in [2.75, 3.05) is 11.9 Å². The molecule has 0 bridgehead atoms. The molecule has 0 saturated heterocycles. The Morgan fingerprint density at radius 3 is 2.62 bits per heavy atom. The molecule has 1 heterocycles. The number of nitrogens with zero attached hydrogens (tertiary/aromatic N) is 1. The smallest absolute Gasteiger partial charge is 0.107 e. The molecule has 1 aromatic heterocycles. The van der Waals surface area contributed by atoms with E-state index in [1.54, 1.807) is 6.20 Å². The highest BCUT2D eigenvalue weighted by Gasteiger charge is 2.20. The van der Waals surface area contributed by atoms with Crippen LogP contribution in [0.5, 0.6) is 0 Å². The molecular formula is C17H23N3S. The maximum absolute atomic E-state index is 5.85. The van der Waals surface area contributed by atoms with Gasteiger partial charge in [0, 0.05) is 18.1 Å². The van der Waals surface area contributed by atoms with Crippen LogP contribution in [0.1, 0.15) is 33.3 Å². The zero-order valence-corrected chi connectivity index (χ0v) is 13.9. The van der Waals surface area contributed by atoms with Crippen LogP contribution >= 0.6 is 12.2 Å². The number of nitrogens with two attached hydrogens (primary N) is 1. The number of thiocarbonyl (C=S) groups is 1. The van der Waals surface area contributed by atoms with E-state index in [0.29, 0.717) is 10.9 Å². The lowest BCUT2D eigenvalue weighted by Crippen LogP contribution is -2.26. The van der Waals surface area contributed by atoms with Crippen molar-refractivity contribution in [3.63, 3.8) is 0 Å². The van der Waals surface area contributed by atoms with Gasteiger partial charge >= 0.3 is 0 Å². The molecule has 0 amide bonds. The topological polar surface area (TPSA) is 50.9 Å². The second-order valence-electron chi connectivity index (χ2n) is 6.58. The molecule has 112 valence electrons. The predicted molar refractivity (Wildman–Crippen MR) is 94.7 cm³/mol. The molecule has 0 fully saturated rings. The van der Waals surface area contributed by atoms with E-state index in [1.807, 2.05) is 24.3 Å². The molecule has 0 aliphatic rings. The van der Waals surface area contributed by atoms with Gasteiger partial charge in [0.05, 0.1) is 16.8 Å². The number of nitrogens with one attached hydrogen (secondary N) is 1. The van der Waals surface area contributed by atoms with Gasteiger partial charge in [0.1, 0.15) is 4.99 Å². The van der Waals surface area contributed by atoms with Crippen molar-refractivity contribution >= 4 is 33.8 Å². The van der Waals surface area contributed by atoms with Crippen LogP contribution in [-0.2, 0) is 0 Å². The fraction of sp³-hybridized carbons (Fsp3) is 0.412. The molecule has 21 heavy (non-hydrogen) atoms. The number of para-hydroxylation sites is 1. The lowest BCUT2D eigenvalue weighted by molar-refractivity contribution is 0.274. The monoisotopic (exact) mass is 301 g/mol. The van der Waals surface area contributed by atoms with Crippen molar-refractivity contribution in [1.29, 1.82) is 0 Å². The molecule has 4 heteroatoms. The maximum atomic E-state index is 5.85. The molecular weight excluding hydrogens is 278 g/mol. The Kier molecular flexibility index (Phi) is 4.47. The minimum Gasteiger partial charge on any atom is -0.389 e. The van der Waals surface area contributed by atoms with Gasteiger partial charge in [-0.15, -0.1) is 0 Å². The number of hydrogen-bond acceptors (Lipinski definition) is 3. The van der Waals surface area contributed by atoms with Crippen molar-refractivity contribution in [1.82, 2.24) is 4.98 Å². The first-order chi connectivity index (χ1) is 9.80. The third-order valence-electron chi connectivity index (χ3n) is 4.10. The molecule has 2 rings (SSSR count). The Morgan fingerprint density at radius 2 is 2.00 bits per heavy atom. The number of fused-ring (bicyclic) bond motifs is 1. The van der Waals surface area contributed by atoms with Crippen molar-refractivity contribution in [3.05, 3.63) is 36.0 Å². The number of benzene rings is 1. The Balaban J connectivity index is 2.40. The van der Waals surface area contributed by atoms with Gasteiger partial charge in [-0.05, 0) is 17.4 Å². The van der Waals surface area contributed by atoms with E-state index in [-0.39, 0.29) is 5.41 Å². The number of pyridine rings is 1. The molecule has 3 nitrogen and oxygen atoms in total. The minimum atomic E-state index is 0.249. The summed E-state index contributed by atoms with van der Waals surface area (Å²) in [5.74, 6) is 0.517. The van der Waals surface area contributed by atoms with E-state index in [0.717, 1.165) is 28.7 Å². The highest BCUT2D eigenvalue weighted by atomic mass is 32.1. The predicted octanol–water partition coefficient (Wildman–Crippen LogP) is 3.96. The molecule has 0 radical (unpaired) electrons. The average molecular weight is 301 g/mol. The van der Waals surface area contributed by atoms with Gasteiger partial charge in [-0.2, -0.15) is 0 Å². The third kappa shape index (κ3) is 3.50. The van der Waals surface area contributed by atoms with E-state index in [4.69, 9.17) is 18.0 Å². The number of hydrogen-bond donors (Lipinski definition) is 2. The van der Waals surface area contributed by atoms with E-state index in [9.17, 15) is 0 Å². The first-order valence-electron chi connectivity index (χ1n) is 7.22. The molecule has 2 aromatic rings. The third-order valence-corrected chi connectivity index (χ3v) is 4.32. The summed E-state index contributed by atoms with van der Waals surface area (Å²) in [7, 11) is 0. The van der Waals surface area contributed by atoms with Crippen molar-refractivity contribution in [3.8, 4) is 0 Å². The van der Waals surface area contributed by atoms with Gasteiger partial charge in [0.15, 0.2) is 0 Å². The summed E-state index contributed by atoms with van der Waals surface area (Å²) in [4.78, 5) is 4.81. The van der Waals surface area contributed by atoms with Gasteiger partial charge < -0.3 is 11.1 Å². The van der Waals surface area contributed by atoms with Gasteiger partial charge in [-0.25, -0.2) is 0 Å². The highest BCUT2D eigenvalue weighted by molar-refractivity contribution is 7.80. The van der Waals surface area contributed by atoms with Crippen LogP contribution in [0.2, 0.25) is 0 Å². The Labute approximate surface area is 132 Å². The molecule has 0 aliphatic carbocycles. The lowest BCUT2D eigenvalue weighted by Gasteiger charge is -2.28. The maximum Gasteiger partial charge on any atom is 0.107 e. The van der Waals surface area contributed by atoms with Crippen LogP contribution in [0.25, 0.3) is 10.9 Å². The summed E-state index contributed by atoms with van der Waals surface area (Å²) in [6.07, 6.45) is 1.76. The van der Waals surface area contributed by atoms with Crippen molar-refractivity contribution < 1.29 is 0 Å². The molecule has 1 unspecified atom stereocenters. The van der Waals surface area contributed by atoms with Crippen molar-refractivity contribution in [2.24, 2.45) is 17.1 Å². The van der Waals surface area contributed by atoms with Crippen LogP contribution < -0.4 is 11.1 Å². The first-order valence-corrected chi connectivity index (χ1v) is 7.63. The van der Waals surface area contributed by atoms with Gasteiger partial charge in [0.25, 0.3) is 0 Å². The zero-order valence-electron chi connectivity index (χ0n) is 13.1. The lowest BCUT2D eigenvalue weighted by atomic mass is 9.82. The average Bonchev–Trinajstić information content (AvgIpc) is 2.42. The number of anilines is 1. The van der Waals surface area contributed by atoms with E-state index in [2.05, 4.69) is 38.0 Å².